The van der Waals surface area contributed by atoms with Crippen LogP contribution in [0.4, 0.5) is 0 Å². The van der Waals surface area contributed by atoms with Gasteiger partial charge in [0, 0.05) is 16.4 Å². The van der Waals surface area contributed by atoms with Crippen molar-refractivity contribution >= 4 is 10.8 Å². The molecule has 0 aromatic heterocycles. The number of fused-ring (bicyclic) bond motifs is 1. The molecule has 5 rings (SSSR count). The monoisotopic (exact) mass is 242 g/mol. The summed E-state index contributed by atoms with van der Waals surface area (Å²) in [5, 5.41) is 2.50. The Morgan fingerprint density at radius 3 is 2.42 bits per heavy atom. The smallest absolute Gasteiger partial charge is 0.0361 e. The summed E-state index contributed by atoms with van der Waals surface area (Å²) in [4.78, 5) is 0. The van der Waals surface area contributed by atoms with Crippen molar-refractivity contribution < 1.29 is 0 Å². The van der Waals surface area contributed by atoms with Gasteiger partial charge in [-0.25, -0.2) is 0 Å². The summed E-state index contributed by atoms with van der Waals surface area (Å²) in [6.45, 7) is 0. The van der Waals surface area contributed by atoms with Gasteiger partial charge in [0.1, 0.15) is 0 Å². The molecule has 2 bridgehead atoms. The van der Waals surface area contributed by atoms with E-state index in [1.807, 2.05) is 0 Å². The van der Waals surface area contributed by atoms with Crippen molar-refractivity contribution in [3.63, 3.8) is 0 Å². The summed E-state index contributed by atoms with van der Waals surface area (Å²) in [5.41, 5.74) is 1.59. The van der Waals surface area contributed by atoms with Crippen molar-refractivity contribution in [3.8, 4) is 24.2 Å². The average Bonchev–Trinajstić information content (AvgIpc) is 2.36. The average molecular weight is 242 g/mol. The van der Waals surface area contributed by atoms with Gasteiger partial charge in [0.25, 0.3) is 0 Å². The first-order chi connectivity index (χ1) is 9.24. The van der Waals surface area contributed by atoms with E-state index in [9.17, 15) is 0 Å². The van der Waals surface area contributed by atoms with Gasteiger partial charge in [-0.15, -0.1) is 6.42 Å². The minimum atomic E-state index is 0.216. The molecule has 3 fully saturated rings. The molecular formula is C19H14. The summed E-state index contributed by atoms with van der Waals surface area (Å²) in [5.74, 6) is 9.80. The first-order valence-electron chi connectivity index (χ1n) is 6.73. The van der Waals surface area contributed by atoms with Crippen molar-refractivity contribution in [1.29, 1.82) is 0 Å². The summed E-state index contributed by atoms with van der Waals surface area (Å²) in [7, 11) is 0. The molecule has 3 aliphatic carbocycles. The molecule has 2 aromatic rings. The molecular weight excluding hydrogens is 228 g/mol. The summed E-state index contributed by atoms with van der Waals surface area (Å²) < 4.78 is 0. The number of hydrogen-bond acceptors (Lipinski definition) is 0. The van der Waals surface area contributed by atoms with Gasteiger partial charge < -0.3 is 0 Å². The maximum absolute atomic E-state index is 5.55. The van der Waals surface area contributed by atoms with Crippen LogP contribution >= 0.6 is 0 Å². The molecule has 0 amide bonds. The molecule has 0 spiro atoms. The third-order valence-electron chi connectivity index (χ3n) is 4.59. The zero-order chi connectivity index (χ0) is 12.9. The van der Waals surface area contributed by atoms with Gasteiger partial charge in [0.05, 0.1) is 0 Å². The largest absolute Gasteiger partial charge is 0.120 e. The maximum atomic E-state index is 5.55. The molecule has 0 unspecified atom stereocenters. The molecule has 0 saturated heterocycles. The van der Waals surface area contributed by atoms with Crippen molar-refractivity contribution in [2.24, 2.45) is 10.8 Å². The van der Waals surface area contributed by atoms with E-state index in [0.29, 0.717) is 0 Å². The third-order valence-corrected chi connectivity index (χ3v) is 4.59. The molecule has 0 radical (unpaired) electrons. The fourth-order valence-corrected chi connectivity index (χ4v) is 3.61. The standard InChI is InChI=1S/C19H14/c1-2-18-12-19(13-18,14-18)11-10-16-8-5-7-15-6-3-4-9-17(15)16/h1,3-9H,12-14H2. The second-order valence-corrected chi connectivity index (χ2v) is 6.01. The number of terminal acetylenes is 1. The first-order valence-corrected chi connectivity index (χ1v) is 6.73. The lowest BCUT2D eigenvalue weighted by Crippen LogP contribution is -2.59. The van der Waals surface area contributed by atoms with Gasteiger partial charge >= 0.3 is 0 Å². The maximum Gasteiger partial charge on any atom is 0.0361 e. The van der Waals surface area contributed by atoms with Crippen molar-refractivity contribution in [2.75, 3.05) is 0 Å². The first kappa shape index (κ1) is 10.7. The number of hydrogen-bond donors (Lipinski definition) is 0. The Kier molecular flexibility index (Phi) is 1.94. The van der Waals surface area contributed by atoms with Gasteiger partial charge in [-0.1, -0.05) is 54.2 Å². The van der Waals surface area contributed by atoms with Crippen molar-refractivity contribution in [3.05, 3.63) is 48.0 Å². The van der Waals surface area contributed by atoms with Crippen molar-refractivity contribution in [1.82, 2.24) is 0 Å². The molecule has 0 N–H and O–H groups in total. The topological polar surface area (TPSA) is 0 Å². The van der Waals surface area contributed by atoms with Crippen LogP contribution in [0.15, 0.2) is 42.5 Å². The highest BCUT2D eigenvalue weighted by atomic mass is 14.7. The molecule has 0 atom stereocenters. The van der Waals surface area contributed by atoms with E-state index in [1.165, 1.54) is 10.8 Å². The van der Waals surface area contributed by atoms with E-state index in [-0.39, 0.29) is 10.8 Å². The Balaban J connectivity index is 1.70. The van der Waals surface area contributed by atoms with Gasteiger partial charge in [-0.05, 0) is 36.1 Å². The Morgan fingerprint density at radius 1 is 0.895 bits per heavy atom. The van der Waals surface area contributed by atoms with Gasteiger partial charge in [-0.2, -0.15) is 0 Å². The van der Waals surface area contributed by atoms with Crippen molar-refractivity contribution in [2.45, 2.75) is 19.3 Å². The Bertz CT molecular complexity index is 752. The molecule has 3 saturated carbocycles. The lowest BCUT2D eigenvalue weighted by atomic mass is 9.36. The minimum absolute atomic E-state index is 0.216. The van der Waals surface area contributed by atoms with Crippen LogP contribution < -0.4 is 0 Å². The number of rotatable bonds is 0. The lowest BCUT2D eigenvalue weighted by Gasteiger charge is -2.65. The Labute approximate surface area is 113 Å². The molecule has 19 heavy (non-hydrogen) atoms. The molecule has 0 heteroatoms. The highest BCUT2D eigenvalue weighted by molar-refractivity contribution is 5.88. The molecule has 0 nitrogen and oxygen atoms in total. The second-order valence-electron chi connectivity index (χ2n) is 6.01. The van der Waals surface area contributed by atoms with E-state index in [0.717, 1.165) is 24.8 Å². The Morgan fingerprint density at radius 2 is 1.63 bits per heavy atom. The van der Waals surface area contributed by atoms with E-state index >= 15 is 0 Å². The molecule has 90 valence electrons. The second kappa shape index (κ2) is 3.43. The minimum Gasteiger partial charge on any atom is -0.120 e. The van der Waals surface area contributed by atoms with Crippen LogP contribution in [0.1, 0.15) is 24.8 Å². The third kappa shape index (κ3) is 1.44. The predicted molar refractivity (Wildman–Crippen MR) is 78.4 cm³/mol. The predicted octanol–water partition coefficient (Wildman–Crippen LogP) is 3.99. The highest BCUT2D eigenvalue weighted by Gasteiger charge is 2.66. The zero-order valence-electron chi connectivity index (χ0n) is 10.7. The molecule has 3 aliphatic rings. The highest BCUT2D eigenvalue weighted by Crippen LogP contribution is 2.72. The van der Waals surface area contributed by atoms with Crippen LogP contribution in [0.5, 0.6) is 0 Å². The number of benzene rings is 2. The fraction of sp³-hybridized carbons (Fsp3) is 0.263. The quantitative estimate of drug-likeness (QED) is 0.613. The normalized spacial score (nSPS) is 30.5. The van der Waals surface area contributed by atoms with Crippen LogP contribution in [0.25, 0.3) is 10.8 Å². The van der Waals surface area contributed by atoms with Crippen LogP contribution in [0, 0.1) is 35.0 Å². The molecule has 0 heterocycles. The fourth-order valence-electron chi connectivity index (χ4n) is 3.61. The summed E-state index contributed by atoms with van der Waals surface area (Å²) >= 11 is 0. The van der Waals surface area contributed by atoms with Gasteiger partial charge in [0.2, 0.25) is 0 Å². The molecule has 0 aliphatic heterocycles. The van der Waals surface area contributed by atoms with E-state index < -0.39 is 0 Å². The summed E-state index contributed by atoms with van der Waals surface area (Å²) in [6, 6.07) is 14.7. The Hall–Kier alpha value is -2.18. The zero-order valence-corrected chi connectivity index (χ0v) is 10.7. The van der Waals surface area contributed by atoms with Crippen LogP contribution in [-0.4, -0.2) is 0 Å². The van der Waals surface area contributed by atoms with E-state index in [4.69, 9.17) is 6.42 Å². The molecule has 2 aromatic carbocycles. The van der Waals surface area contributed by atoms with Gasteiger partial charge in [0.15, 0.2) is 0 Å². The van der Waals surface area contributed by atoms with Gasteiger partial charge in [-0.3, -0.25) is 0 Å². The SMILES string of the molecule is C#CC12CC(C#Cc3cccc4ccccc34)(C1)C2. The van der Waals surface area contributed by atoms with E-state index in [1.54, 1.807) is 0 Å². The van der Waals surface area contributed by atoms with Crippen LogP contribution in [0.2, 0.25) is 0 Å². The van der Waals surface area contributed by atoms with E-state index in [2.05, 4.69) is 60.2 Å². The van der Waals surface area contributed by atoms with Crippen LogP contribution in [-0.2, 0) is 0 Å². The summed E-state index contributed by atoms with van der Waals surface area (Å²) in [6.07, 6.45) is 8.86. The van der Waals surface area contributed by atoms with Crippen LogP contribution in [0.3, 0.4) is 0 Å². The lowest BCUT2D eigenvalue weighted by molar-refractivity contribution is -0.113.